The van der Waals surface area contributed by atoms with Crippen LogP contribution < -0.4 is 10.2 Å². The van der Waals surface area contributed by atoms with Crippen LogP contribution in [0.15, 0.2) is 24.3 Å². The summed E-state index contributed by atoms with van der Waals surface area (Å²) in [5.41, 5.74) is 1.70. The Labute approximate surface area is 114 Å². The molecule has 2 rings (SSSR count). The summed E-state index contributed by atoms with van der Waals surface area (Å²) < 4.78 is 4.78. The van der Waals surface area contributed by atoms with Crippen molar-refractivity contribution in [1.29, 1.82) is 0 Å². The lowest BCUT2D eigenvalue weighted by atomic mass is 10.1. The van der Waals surface area contributed by atoms with Crippen LogP contribution in [0.3, 0.4) is 0 Å². The van der Waals surface area contributed by atoms with Gasteiger partial charge in [-0.3, -0.25) is 0 Å². The first-order valence-corrected chi connectivity index (χ1v) is 6.80. The lowest BCUT2D eigenvalue weighted by molar-refractivity contribution is 0.0601. The normalized spacial score (nSPS) is 23.8. The molecule has 19 heavy (non-hydrogen) atoms. The summed E-state index contributed by atoms with van der Waals surface area (Å²) in [6, 6.07) is 8.59. The van der Waals surface area contributed by atoms with Gasteiger partial charge in [-0.15, -0.1) is 0 Å². The Morgan fingerprint density at radius 1 is 1.42 bits per heavy atom. The molecule has 0 amide bonds. The molecular weight excluding hydrogens is 240 g/mol. The van der Waals surface area contributed by atoms with Gasteiger partial charge in [0.15, 0.2) is 0 Å². The average Bonchev–Trinajstić information content (AvgIpc) is 2.59. The molecular formula is C15H22N2O2. The van der Waals surface area contributed by atoms with Crippen LogP contribution in [0.1, 0.15) is 30.6 Å². The Morgan fingerprint density at radius 2 is 2.21 bits per heavy atom. The molecule has 2 unspecified atom stereocenters. The number of carbonyl (C=O) groups is 1. The highest BCUT2D eigenvalue weighted by atomic mass is 16.5. The number of nitrogens with one attached hydrogen (secondary N) is 1. The first-order chi connectivity index (χ1) is 9.11. The maximum absolute atomic E-state index is 11.6. The van der Waals surface area contributed by atoms with E-state index in [2.05, 4.69) is 30.1 Å². The molecule has 1 N–H and O–H groups in total. The molecule has 0 saturated carbocycles. The molecule has 1 aliphatic heterocycles. The van der Waals surface area contributed by atoms with Crippen molar-refractivity contribution in [3.05, 3.63) is 29.8 Å². The summed E-state index contributed by atoms with van der Waals surface area (Å²) in [5, 5.41) is 3.49. The third-order valence-electron chi connectivity index (χ3n) is 3.66. The minimum atomic E-state index is -0.282. The van der Waals surface area contributed by atoms with Crippen LogP contribution in [0.25, 0.3) is 0 Å². The first-order valence-electron chi connectivity index (χ1n) is 6.80. The van der Waals surface area contributed by atoms with Gasteiger partial charge in [-0.1, -0.05) is 6.07 Å². The number of hydrogen-bond donors (Lipinski definition) is 1. The summed E-state index contributed by atoms with van der Waals surface area (Å²) in [7, 11) is 1.41. The second-order valence-corrected chi connectivity index (χ2v) is 5.19. The minimum Gasteiger partial charge on any atom is -0.465 e. The van der Waals surface area contributed by atoms with Gasteiger partial charge >= 0.3 is 5.97 Å². The number of nitrogens with zero attached hydrogens (tertiary/aromatic N) is 1. The molecule has 1 aromatic rings. The number of carbonyl (C=O) groups excluding carboxylic acids is 1. The summed E-state index contributed by atoms with van der Waals surface area (Å²) in [5.74, 6) is -0.282. The maximum atomic E-state index is 11.6. The SMILES string of the molecule is COC(=O)c1cccc(N2CC(C)NCCC2C)c1. The van der Waals surface area contributed by atoms with E-state index in [1.807, 2.05) is 12.1 Å². The van der Waals surface area contributed by atoms with E-state index in [1.165, 1.54) is 7.11 Å². The molecule has 0 spiro atoms. The molecule has 0 aromatic heterocycles. The fourth-order valence-electron chi connectivity index (χ4n) is 2.52. The van der Waals surface area contributed by atoms with Crippen molar-refractivity contribution in [3.8, 4) is 0 Å². The third-order valence-corrected chi connectivity index (χ3v) is 3.66. The number of benzene rings is 1. The monoisotopic (exact) mass is 262 g/mol. The topological polar surface area (TPSA) is 41.6 Å². The van der Waals surface area contributed by atoms with Gasteiger partial charge in [0.2, 0.25) is 0 Å². The third kappa shape index (κ3) is 3.26. The molecule has 1 fully saturated rings. The van der Waals surface area contributed by atoms with E-state index >= 15 is 0 Å². The van der Waals surface area contributed by atoms with E-state index in [1.54, 1.807) is 6.07 Å². The maximum Gasteiger partial charge on any atom is 0.337 e. The molecule has 0 aliphatic carbocycles. The Balaban J connectivity index is 2.26. The van der Waals surface area contributed by atoms with Gasteiger partial charge in [-0.25, -0.2) is 4.79 Å². The number of ether oxygens (including phenoxy) is 1. The van der Waals surface area contributed by atoms with Gasteiger partial charge in [0.1, 0.15) is 0 Å². The molecule has 0 radical (unpaired) electrons. The predicted octanol–water partition coefficient (Wildman–Crippen LogP) is 2.05. The number of anilines is 1. The van der Waals surface area contributed by atoms with Gasteiger partial charge in [-0.2, -0.15) is 0 Å². The van der Waals surface area contributed by atoms with E-state index < -0.39 is 0 Å². The van der Waals surface area contributed by atoms with Crippen LogP contribution in [0, 0.1) is 0 Å². The van der Waals surface area contributed by atoms with Crippen LogP contribution >= 0.6 is 0 Å². The molecule has 4 nitrogen and oxygen atoms in total. The lowest BCUT2D eigenvalue weighted by Gasteiger charge is -2.30. The zero-order valence-electron chi connectivity index (χ0n) is 11.8. The highest BCUT2D eigenvalue weighted by Gasteiger charge is 2.21. The standard InChI is InChI=1S/C15H22N2O2/c1-11-10-17(12(2)7-8-16-11)14-6-4-5-13(9-14)15(18)19-3/h4-6,9,11-12,16H,7-8,10H2,1-3H3. The van der Waals surface area contributed by atoms with Gasteiger partial charge < -0.3 is 15.0 Å². The highest BCUT2D eigenvalue weighted by Crippen LogP contribution is 2.22. The predicted molar refractivity (Wildman–Crippen MR) is 76.7 cm³/mol. The summed E-state index contributed by atoms with van der Waals surface area (Å²) in [6.07, 6.45) is 1.10. The van der Waals surface area contributed by atoms with Crippen molar-refractivity contribution in [2.75, 3.05) is 25.1 Å². The van der Waals surface area contributed by atoms with Crippen LogP contribution in [0.2, 0.25) is 0 Å². The summed E-state index contributed by atoms with van der Waals surface area (Å²) in [4.78, 5) is 14.0. The molecule has 1 saturated heterocycles. The number of hydrogen-bond acceptors (Lipinski definition) is 4. The van der Waals surface area contributed by atoms with Crippen LogP contribution in [0.5, 0.6) is 0 Å². The van der Waals surface area contributed by atoms with Gasteiger partial charge in [0.25, 0.3) is 0 Å². The van der Waals surface area contributed by atoms with E-state index in [0.29, 0.717) is 17.6 Å². The van der Waals surface area contributed by atoms with Crippen molar-refractivity contribution < 1.29 is 9.53 Å². The Hall–Kier alpha value is -1.55. The molecule has 2 atom stereocenters. The van der Waals surface area contributed by atoms with Gasteiger partial charge in [-0.05, 0) is 45.0 Å². The number of methoxy groups -OCH3 is 1. The second-order valence-electron chi connectivity index (χ2n) is 5.19. The second kappa shape index (κ2) is 6.06. The fourth-order valence-corrected chi connectivity index (χ4v) is 2.52. The smallest absolute Gasteiger partial charge is 0.337 e. The van der Waals surface area contributed by atoms with Crippen molar-refractivity contribution in [1.82, 2.24) is 5.32 Å². The summed E-state index contributed by atoms with van der Waals surface area (Å²) in [6.45, 7) is 6.40. The number of esters is 1. The van der Waals surface area contributed by atoms with Crippen molar-refractivity contribution in [2.45, 2.75) is 32.4 Å². The molecule has 1 aromatic carbocycles. The Morgan fingerprint density at radius 3 is 2.95 bits per heavy atom. The highest BCUT2D eigenvalue weighted by molar-refractivity contribution is 5.90. The zero-order chi connectivity index (χ0) is 13.8. The molecule has 0 bridgehead atoms. The van der Waals surface area contributed by atoms with Crippen LogP contribution in [0.4, 0.5) is 5.69 Å². The first kappa shape index (κ1) is 13.9. The lowest BCUT2D eigenvalue weighted by Crippen LogP contribution is -2.38. The van der Waals surface area contributed by atoms with Crippen molar-refractivity contribution in [2.24, 2.45) is 0 Å². The van der Waals surface area contributed by atoms with E-state index in [9.17, 15) is 4.79 Å². The summed E-state index contributed by atoms with van der Waals surface area (Å²) >= 11 is 0. The van der Waals surface area contributed by atoms with Gasteiger partial charge in [0.05, 0.1) is 12.7 Å². The van der Waals surface area contributed by atoms with Crippen molar-refractivity contribution >= 4 is 11.7 Å². The van der Waals surface area contributed by atoms with E-state index in [-0.39, 0.29) is 5.97 Å². The van der Waals surface area contributed by atoms with Crippen LogP contribution in [-0.2, 0) is 4.74 Å². The molecule has 104 valence electrons. The molecule has 1 heterocycles. The fraction of sp³-hybridized carbons (Fsp3) is 0.533. The van der Waals surface area contributed by atoms with E-state index in [0.717, 1.165) is 25.2 Å². The number of rotatable bonds is 2. The van der Waals surface area contributed by atoms with Gasteiger partial charge in [0, 0.05) is 24.3 Å². The molecule has 4 heteroatoms. The van der Waals surface area contributed by atoms with Crippen molar-refractivity contribution in [3.63, 3.8) is 0 Å². The quantitative estimate of drug-likeness (QED) is 0.828. The average molecular weight is 262 g/mol. The minimum absolute atomic E-state index is 0.282. The Bertz CT molecular complexity index is 448. The van der Waals surface area contributed by atoms with E-state index in [4.69, 9.17) is 4.74 Å². The molecule has 1 aliphatic rings. The van der Waals surface area contributed by atoms with Crippen LogP contribution in [-0.4, -0.2) is 38.3 Å². The largest absolute Gasteiger partial charge is 0.465 e. The Kier molecular flexibility index (Phi) is 4.43. The zero-order valence-corrected chi connectivity index (χ0v) is 11.8.